The van der Waals surface area contributed by atoms with Crippen molar-refractivity contribution in [1.29, 1.82) is 0 Å². The van der Waals surface area contributed by atoms with Crippen LogP contribution in [0.1, 0.15) is 5.56 Å². The van der Waals surface area contributed by atoms with Crippen molar-refractivity contribution in [2.75, 3.05) is 26.9 Å². The van der Waals surface area contributed by atoms with Crippen LogP contribution in [0.25, 0.3) is 0 Å². The molecule has 0 spiro atoms. The Morgan fingerprint density at radius 3 is 2.23 bits per heavy atom. The molecule has 0 fully saturated rings. The molecular weight excluding hydrogens is 298 g/mol. The number of hydrogen-bond acceptors (Lipinski definition) is 4. The van der Waals surface area contributed by atoms with Gasteiger partial charge in [0.25, 0.3) is 0 Å². The van der Waals surface area contributed by atoms with Gasteiger partial charge in [-0.3, -0.25) is 0 Å². The van der Waals surface area contributed by atoms with Crippen LogP contribution in [0.15, 0.2) is 53.4 Å². The third-order valence-electron chi connectivity index (χ3n) is 3.25. The first kappa shape index (κ1) is 16.5. The molecule has 0 N–H and O–H groups in total. The van der Waals surface area contributed by atoms with E-state index < -0.39 is 9.84 Å². The molecule has 0 aromatic heterocycles. The summed E-state index contributed by atoms with van der Waals surface area (Å²) in [5.41, 5.74) is 1.22. The molecule has 22 heavy (non-hydrogen) atoms. The molecule has 0 unspecified atom stereocenters. The van der Waals surface area contributed by atoms with E-state index in [2.05, 4.69) is 4.90 Å². The predicted molar refractivity (Wildman–Crippen MR) is 88.3 cm³/mol. The highest BCUT2D eigenvalue weighted by Crippen LogP contribution is 2.28. The van der Waals surface area contributed by atoms with E-state index >= 15 is 0 Å². The fourth-order valence-electron chi connectivity index (χ4n) is 2.04. The maximum atomic E-state index is 11.8. The van der Waals surface area contributed by atoms with Crippen LogP contribution in [0.3, 0.4) is 0 Å². The van der Waals surface area contributed by atoms with Crippen LogP contribution in [0.4, 0.5) is 0 Å². The number of ether oxygens (including phenoxy) is 1. The summed E-state index contributed by atoms with van der Waals surface area (Å²) in [6.45, 7) is 0.983. The molecule has 2 aromatic rings. The van der Waals surface area contributed by atoms with Gasteiger partial charge >= 0.3 is 0 Å². The van der Waals surface area contributed by atoms with Gasteiger partial charge in [0.15, 0.2) is 9.84 Å². The molecule has 0 heterocycles. The molecular formula is C17H21NO3S. The Hall–Kier alpha value is -1.85. The topological polar surface area (TPSA) is 46.6 Å². The number of para-hydroxylation sites is 1. The summed E-state index contributed by atoms with van der Waals surface area (Å²) in [6, 6.07) is 14.4. The third kappa shape index (κ3) is 4.58. The number of hydrogen-bond donors (Lipinski definition) is 0. The minimum Gasteiger partial charge on any atom is -0.456 e. The van der Waals surface area contributed by atoms with Gasteiger partial charge in [-0.2, -0.15) is 0 Å². The molecule has 0 bridgehead atoms. The van der Waals surface area contributed by atoms with Crippen molar-refractivity contribution >= 4 is 9.84 Å². The van der Waals surface area contributed by atoms with E-state index in [0.29, 0.717) is 11.5 Å². The number of nitrogens with zero attached hydrogens (tertiary/aromatic N) is 1. The highest BCUT2D eigenvalue weighted by molar-refractivity contribution is 7.90. The van der Waals surface area contributed by atoms with E-state index in [9.17, 15) is 8.42 Å². The van der Waals surface area contributed by atoms with Crippen LogP contribution in [0.5, 0.6) is 11.5 Å². The Kier molecular flexibility index (Phi) is 5.21. The van der Waals surface area contributed by atoms with Gasteiger partial charge in [0.1, 0.15) is 16.4 Å². The second-order valence-corrected chi connectivity index (χ2v) is 7.50. The Morgan fingerprint density at radius 2 is 1.64 bits per heavy atom. The SMILES string of the molecule is CN(C)CCc1ccc(Oc2ccccc2S(C)(=O)=O)cc1. The van der Waals surface area contributed by atoms with Gasteiger partial charge in [0.2, 0.25) is 0 Å². The second kappa shape index (κ2) is 6.94. The molecule has 0 saturated carbocycles. The minimum atomic E-state index is -3.31. The van der Waals surface area contributed by atoms with Crippen LogP contribution in [-0.2, 0) is 16.3 Å². The summed E-state index contributed by atoms with van der Waals surface area (Å²) in [7, 11) is 0.772. The quantitative estimate of drug-likeness (QED) is 0.821. The maximum Gasteiger partial charge on any atom is 0.179 e. The van der Waals surface area contributed by atoms with Crippen molar-refractivity contribution in [3.05, 3.63) is 54.1 Å². The number of likely N-dealkylation sites (N-methyl/N-ethyl adjacent to an activating group) is 1. The lowest BCUT2D eigenvalue weighted by Crippen LogP contribution is -2.14. The molecule has 2 aromatic carbocycles. The molecule has 118 valence electrons. The molecule has 0 aliphatic carbocycles. The summed E-state index contributed by atoms with van der Waals surface area (Å²) in [4.78, 5) is 2.33. The van der Waals surface area contributed by atoms with Crippen molar-refractivity contribution in [1.82, 2.24) is 4.90 Å². The average molecular weight is 319 g/mol. The van der Waals surface area contributed by atoms with E-state index in [1.807, 2.05) is 38.4 Å². The summed E-state index contributed by atoms with van der Waals surface area (Å²) in [5, 5.41) is 0. The predicted octanol–water partition coefficient (Wildman–Crippen LogP) is 2.99. The first-order valence-electron chi connectivity index (χ1n) is 7.07. The van der Waals surface area contributed by atoms with Gasteiger partial charge < -0.3 is 9.64 Å². The van der Waals surface area contributed by atoms with Crippen molar-refractivity contribution in [3.63, 3.8) is 0 Å². The summed E-state index contributed by atoms with van der Waals surface area (Å²) in [5.74, 6) is 0.982. The van der Waals surface area contributed by atoms with E-state index in [1.54, 1.807) is 24.3 Å². The van der Waals surface area contributed by atoms with Crippen LogP contribution in [-0.4, -0.2) is 40.2 Å². The third-order valence-corrected chi connectivity index (χ3v) is 4.38. The zero-order chi connectivity index (χ0) is 16.2. The first-order valence-corrected chi connectivity index (χ1v) is 8.96. The number of sulfone groups is 1. The van der Waals surface area contributed by atoms with Crippen LogP contribution in [0, 0.1) is 0 Å². The van der Waals surface area contributed by atoms with Gasteiger partial charge in [0, 0.05) is 12.8 Å². The second-order valence-electron chi connectivity index (χ2n) is 5.52. The van der Waals surface area contributed by atoms with Crippen molar-refractivity contribution < 1.29 is 13.2 Å². The minimum absolute atomic E-state index is 0.201. The Labute approximate surface area is 132 Å². The zero-order valence-corrected chi connectivity index (χ0v) is 13.9. The molecule has 0 amide bonds. The summed E-state index contributed by atoms with van der Waals surface area (Å²) in [6.07, 6.45) is 2.15. The fraction of sp³-hybridized carbons (Fsp3) is 0.294. The van der Waals surface area contributed by atoms with E-state index in [-0.39, 0.29) is 4.90 Å². The molecule has 2 rings (SSSR count). The first-order chi connectivity index (χ1) is 10.4. The van der Waals surface area contributed by atoms with Crippen molar-refractivity contribution in [2.45, 2.75) is 11.3 Å². The lowest BCUT2D eigenvalue weighted by atomic mass is 10.1. The Balaban J connectivity index is 2.15. The fourth-order valence-corrected chi connectivity index (χ4v) is 2.85. The van der Waals surface area contributed by atoms with Gasteiger partial charge in [0.05, 0.1) is 0 Å². The molecule has 5 heteroatoms. The molecule has 4 nitrogen and oxygen atoms in total. The van der Waals surface area contributed by atoms with Gasteiger partial charge in [-0.05, 0) is 50.3 Å². The normalized spacial score (nSPS) is 11.6. The van der Waals surface area contributed by atoms with Crippen LogP contribution < -0.4 is 4.74 Å². The molecule has 0 aliphatic rings. The summed E-state index contributed by atoms with van der Waals surface area (Å²) < 4.78 is 29.3. The van der Waals surface area contributed by atoms with Gasteiger partial charge in [-0.15, -0.1) is 0 Å². The van der Waals surface area contributed by atoms with Crippen molar-refractivity contribution in [3.8, 4) is 11.5 Å². The lowest BCUT2D eigenvalue weighted by molar-refractivity contribution is 0.413. The molecule has 0 saturated heterocycles. The lowest BCUT2D eigenvalue weighted by Gasteiger charge is -2.11. The number of rotatable bonds is 6. The Morgan fingerprint density at radius 1 is 1.00 bits per heavy atom. The standard InChI is InChI=1S/C17H21NO3S/c1-18(2)13-12-14-8-10-15(11-9-14)21-16-6-4-5-7-17(16)22(3,19)20/h4-11H,12-13H2,1-3H3. The highest BCUT2D eigenvalue weighted by Gasteiger charge is 2.14. The van der Waals surface area contributed by atoms with Gasteiger partial charge in [-0.1, -0.05) is 24.3 Å². The monoisotopic (exact) mass is 319 g/mol. The van der Waals surface area contributed by atoms with Crippen LogP contribution >= 0.6 is 0 Å². The molecule has 0 atom stereocenters. The van der Waals surface area contributed by atoms with Crippen molar-refractivity contribution in [2.24, 2.45) is 0 Å². The summed E-state index contributed by atoms with van der Waals surface area (Å²) >= 11 is 0. The zero-order valence-electron chi connectivity index (χ0n) is 13.1. The van der Waals surface area contributed by atoms with E-state index in [1.165, 1.54) is 11.8 Å². The molecule has 0 aliphatic heterocycles. The average Bonchev–Trinajstić information content (AvgIpc) is 2.46. The van der Waals surface area contributed by atoms with E-state index in [4.69, 9.17) is 4.74 Å². The molecule has 0 radical (unpaired) electrons. The largest absolute Gasteiger partial charge is 0.456 e. The smallest absolute Gasteiger partial charge is 0.179 e. The van der Waals surface area contributed by atoms with E-state index in [0.717, 1.165) is 13.0 Å². The maximum absolute atomic E-state index is 11.8. The van der Waals surface area contributed by atoms with Crippen LogP contribution in [0.2, 0.25) is 0 Å². The Bertz CT molecular complexity index is 722. The highest BCUT2D eigenvalue weighted by atomic mass is 32.2. The van der Waals surface area contributed by atoms with Gasteiger partial charge in [-0.25, -0.2) is 8.42 Å². The number of benzene rings is 2.